The van der Waals surface area contributed by atoms with Gasteiger partial charge in [0.2, 0.25) is 5.91 Å². The van der Waals surface area contributed by atoms with Gasteiger partial charge in [0.05, 0.1) is 11.2 Å². The molecular formula is C24H29N3O3. The van der Waals surface area contributed by atoms with Crippen molar-refractivity contribution in [2.24, 2.45) is 5.92 Å². The first-order valence-electron chi connectivity index (χ1n) is 10.8. The van der Waals surface area contributed by atoms with Gasteiger partial charge in [-0.3, -0.25) is 14.6 Å². The number of carbonyl (C=O) groups excluding carboxylic acids is 2. The first kappa shape index (κ1) is 20.5. The molecule has 4 rings (SSSR count). The van der Waals surface area contributed by atoms with Gasteiger partial charge in [0.15, 0.2) is 0 Å². The van der Waals surface area contributed by atoms with Gasteiger partial charge >= 0.3 is 0 Å². The smallest absolute Gasteiger partial charge is 0.255 e. The van der Waals surface area contributed by atoms with Crippen LogP contribution in [0, 0.1) is 5.92 Å². The summed E-state index contributed by atoms with van der Waals surface area (Å²) in [7, 11) is 0. The molecule has 1 unspecified atom stereocenters. The van der Waals surface area contributed by atoms with Crippen LogP contribution in [-0.2, 0) is 16.1 Å². The first-order chi connectivity index (χ1) is 14.6. The molecule has 2 aromatic rings. The predicted molar refractivity (Wildman–Crippen MR) is 114 cm³/mol. The second-order valence-corrected chi connectivity index (χ2v) is 8.39. The second kappa shape index (κ2) is 9.39. The van der Waals surface area contributed by atoms with Crippen LogP contribution in [0.3, 0.4) is 0 Å². The minimum Gasteiger partial charge on any atom is -0.375 e. The number of amides is 2. The summed E-state index contributed by atoms with van der Waals surface area (Å²) in [6, 6.07) is 13.6. The highest BCUT2D eigenvalue weighted by Gasteiger charge is 2.41. The Morgan fingerprint density at radius 3 is 2.67 bits per heavy atom. The molecule has 1 N–H and O–H groups in total. The maximum atomic E-state index is 12.7. The molecule has 0 aliphatic carbocycles. The number of rotatable bonds is 5. The molecule has 1 spiro atoms. The van der Waals surface area contributed by atoms with Gasteiger partial charge in [-0.1, -0.05) is 30.3 Å². The van der Waals surface area contributed by atoms with Gasteiger partial charge < -0.3 is 15.0 Å². The summed E-state index contributed by atoms with van der Waals surface area (Å²) in [5.74, 6) is 0.464. The molecule has 6 heteroatoms. The highest BCUT2D eigenvalue weighted by Crippen LogP contribution is 2.39. The number of hydrogen-bond acceptors (Lipinski definition) is 4. The van der Waals surface area contributed by atoms with Gasteiger partial charge in [-0.25, -0.2) is 0 Å². The molecule has 1 atom stereocenters. The van der Waals surface area contributed by atoms with E-state index in [1.165, 1.54) is 0 Å². The number of benzene rings is 1. The first-order valence-corrected chi connectivity index (χ1v) is 10.8. The maximum absolute atomic E-state index is 12.7. The van der Waals surface area contributed by atoms with Crippen LogP contribution < -0.4 is 5.32 Å². The molecule has 0 saturated carbocycles. The number of carbonyl (C=O) groups is 2. The molecule has 2 aliphatic rings. The average molecular weight is 408 g/mol. The molecule has 0 bridgehead atoms. The molecular weight excluding hydrogens is 378 g/mol. The van der Waals surface area contributed by atoms with E-state index in [0.717, 1.165) is 31.2 Å². The Morgan fingerprint density at radius 1 is 1.13 bits per heavy atom. The van der Waals surface area contributed by atoms with Crippen LogP contribution in [0.5, 0.6) is 0 Å². The van der Waals surface area contributed by atoms with Crippen molar-refractivity contribution >= 4 is 11.8 Å². The summed E-state index contributed by atoms with van der Waals surface area (Å²) in [6.45, 7) is 2.62. The van der Waals surface area contributed by atoms with Crippen molar-refractivity contribution in [2.75, 3.05) is 19.7 Å². The van der Waals surface area contributed by atoms with Crippen LogP contribution in [0.2, 0.25) is 0 Å². The van der Waals surface area contributed by atoms with Gasteiger partial charge in [0.1, 0.15) is 0 Å². The Labute approximate surface area is 177 Å². The summed E-state index contributed by atoms with van der Waals surface area (Å²) >= 11 is 0. The van der Waals surface area contributed by atoms with E-state index in [4.69, 9.17) is 4.74 Å². The normalized spacial score (nSPS) is 20.7. The quantitative estimate of drug-likeness (QED) is 0.826. The number of hydrogen-bond donors (Lipinski definition) is 1. The lowest BCUT2D eigenvalue weighted by Gasteiger charge is -2.46. The number of nitrogens with one attached hydrogen (secondary N) is 1. The van der Waals surface area contributed by atoms with Gasteiger partial charge in [0.25, 0.3) is 5.91 Å². The van der Waals surface area contributed by atoms with E-state index in [-0.39, 0.29) is 17.4 Å². The third-order valence-electron chi connectivity index (χ3n) is 6.27. The number of pyridine rings is 1. The Balaban J connectivity index is 1.26. The lowest BCUT2D eigenvalue weighted by molar-refractivity contribution is -0.134. The lowest BCUT2D eigenvalue weighted by Crippen LogP contribution is -2.51. The number of nitrogens with zero attached hydrogens (tertiary/aromatic N) is 2. The van der Waals surface area contributed by atoms with Crippen LogP contribution in [0.1, 0.15) is 48.0 Å². The summed E-state index contributed by atoms with van der Waals surface area (Å²) in [5, 5.41) is 3.04. The monoisotopic (exact) mass is 407 g/mol. The summed E-state index contributed by atoms with van der Waals surface area (Å²) in [5.41, 5.74) is 1.54. The molecule has 2 aliphatic heterocycles. The standard InChI is InChI=1S/C24H29N3O3/c28-22(26-17-19-5-2-1-3-6-19)15-20-8-14-30-24(16-20)9-12-27(13-10-24)23(29)21-7-4-11-25-18-21/h1-7,11,18,20H,8-10,12-17H2,(H,26,28). The number of aromatic nitrogens is 1. The third-order valence-corrected chi connectivity index (χ3v) is 6.27. The van der Waals surface area contributed by atoms with Gasteiger partial charge in [-0.2, -0.15) is 0 Å². The fraction of sp³-hybridized carbons (Fsp3) is 0.458. The van der Waals surface area contributed by atoms with Crippen LogP contribution in [0.25, 0.3) is 0 Å². The van der Waals surface area contributed by atoms with E-state index in [1.807, 2.05) is 35.2 Å². The zero-order valence-corrected chi connectivity index (χ0v) is 17.3. The molecule has 3 heterocycles. The predicted octanol–water partition coefficient (Wildman–Crippen LogP) is 3.19. The summed E-state index contributed by atoms with van der Waals surface area (Å²) < 4.78 is 6.20. The van der Waals surface area contributed by atoms with Gasteiger partial charge in [-0.05, 0) is 49.3 Å². The Hall–Kier alpha value is -2.73. The van der Waals surface area contributed by atoms with Crippen LogP contribution >= 0.6 is 0 Å². The van der Waals surface area contributed by atoms with Crippen molar-refractivity contribution in [2.45, 2.75) is 44.2 Å². The largest absolute Gasteiger partial charge is 0.375 e. The number of piperidine rings is 1. The van der Waals surface area contributed by atoms with E-state index in [0.29, 0.717) is 44.1 Å². The van der Waals surface area contributed by atoms with Gasteiger partial charge in [0, 0.05) is 45.1 Å². The molecule has 1 aromatic carbocycles. The lowest BCUT2D eigenvalue weighted by atomic mass is 9.78. The zero-order chi connectivity index (χ0) is 20.8. The van der Waals surface area contributed by atoms with E-state index in [9.17, 15) is 9.59 Å². The average Bonchev–Trinajstić information content (AvgIpc) is 2.79. The second-order valence-electron chi connectivity index (χ2n) is 8.39. The highest BCUT2D eigenvalue weighted by molar-refractivity contribution is 5.93. The van der Waals surface area contributed by atoms with E-state index in [2.05, 4.69) is 10.3 Å². The molecule has 2 fully saturated rings. The van der Waals surface area contributed by atoms with Crippen molar-refractivity contribution in [1.29, 1.82) is 0 Å². The number of ether oxygens (including phenoxy) is 1. The van der Waals surface area contributed by atoms with Gasteiger partial charge in [-0.15, -0.1) is 0 Å². The Morgan fingerprint density at radius 2 is 1.93 bits per heavy atom. The summed E-state index contributed by atoms with van der Waals surface area (Å²) in [6.07, 6.45) is 7.28. The van der Waals surface area contributed by atoms with Crippen molar-refractivity contribution < 1.29 is 14.3 Å². The fourth-order valence-electron chi connectivity index (χ4n) is 4.57. The molecule has 0 radical (unpaired) electrons. The molecule has 30 heavy (non-hydrogen) atoms. The highest BCUT2D eigenvalue weighted by atomic mass is 16.5. The summed E-state index contributed by atoms with van der Waals surface area (Å²) in [4.78, 5) is 31.0. The Bertz CT molecular complexity index is 849. The maximum Gasteiger partial charge on any atom is 0.255 e. The SMILES string of the molecule is O=C(CC1CCOC2(CCN(C(=O)c3cccnc3)CC2)C1)NCc1ccccc1. The number of likely N-dealkylation sites (tertiary alicyclic amines) is 1. The molecule has 2 saturated heterocycles. The van der Waals surface area contributed by atoms with Crippen molar-refractivity contribution in [3.63, 3.8) is 0 Å². The molecule has 2 amide bonds. The van der Waals surface area contributed by atoms with Crippen LogP contribution in [-0.4, -0.2) is 47.0 Å². The van der Waals surface area contributed by atoms with Crippen molar-refractivity contribution in [1.82, 2.24) is 15.2 Å². The van der Waals surface area contributed by atoms with E-state index >= 15 is 0 Å². The molecule has 6 nitrogen and oxygen atoms in total. The van der Waals surface area contributed by atoms with Crippen LogP contribution in [0.15, 0.2) is 54.9 Å². The fourth-order valence-corrected chi connectivity index (χ4v) is 4.57. The van der Waals surface area contributed by atoms with Crippen molar-refractivity contribution in [3.8, 4) is 0 Å². The Kier molecular flexibility index (Phi) is 6.43. The molecule has 158 valence electrons. The van der Waals surface area contributed by atoms with E-state index < -0.39 is 0 Å². The topological polar surface area (TPSA) is 71.5 Å². The van der Waals surface area contributed by atoms with E-state index in [1.54, 1.807) is 24.5 Å². The minimum absolute atomic E-state index is 0.0330. The zero-order valence-electron chi connectivity index (χ0n) is 17.3. The van der Waals surface area contributed by atoms with Crippen LogP contribution in [0.4, 0.5) is 0 Å². The van der Waals surface area contributed by atoms with Crippen molar-refractivity contribution in [3.05, 3.63) is 66.0 Å². The molecule has 1 aromatic heterocycles. The third kappa shape index (κ3) is 5.05. The minimum atomic E-state index is -0.200.